The van der Waals surface area contributed by atoms with E-state index >= 15 is 0 Å². The molecule has 0 bridgehead atoms. The highest BCUT2D eigenvalue weighted by molar-refractivity contribution is 4.82. The largest absolute Gasteiger partial charge is 0.392 e. The van der Waals surface area contributed by atoms with Crippen LogP contribution in [0.25, 0.3) is 0 Å². The lowest BCUT2D eigenvalue weighted by molar-refractivity contribution is 0.0844. The summed E-state index contributed by atoms with van der Waals surface area (Å²) in [6.45, 7) is 1.76. The minimum Gasteiger partial charge on any atom is -0.392 e. The van der Waals surface area contributed by atoms with Gasteiger partial charge in [-0.05, 0) is 25.7 Å². The lowest BCUT2D eigenvalue weighted by atomic mass is 9.92. The number of aliphatic hydroxyl groups excluding tert-OH is 2. The first kappa shape index (κ1) is 14.3. The molecule has 2 rings (SSSR count). The van der Waals surface area contributed by atoms with E-state index in [1.54, 1.807) is 0 Å². The topological polar surface area (TPSA) is 64.5 Å². The molecule has 4 heteroatoms. The van der Waals surface area contributed by atoms with Crippen LogP contribution in [-0.2, 0) is 0 Å². The third-order valence-corrected chi connectivity index (χ3v) is 4.40. The van der Waals surface area contributed by atoms with E-state index < -0.39 is 0 Å². The molecule has 106 valence electrons. The second-order valence-electron chi connectivity index (χ2n) is 5.82. The van der Waals surface area contributed by atoms with Crippen LogP contribution in [0.2, 0.25) is 0 Å². The molecular weight excluding hydrogens is 228 g/mol. The lowest BCUT2D eigenvalue weighted by Gasteiger charge is -2.30. The molecule has 2 saturated carbocycles. The number of aliphatic hydroxyl groups is 2. The molecule has 0 radical (unpaired) electrons. The quantitative estimate of drug-likeness (QED) is 0.549. The molecule has 0 unspecified atom stereocenters. The smallest absolute Gasteiger partial charge is 0.0693 e. The van der Waals surface area contributed by atoms with E-state index in [0.29, 0.717) is 0 Å². The molecular formula is C14H28N2O2. The van der Waals surface area contributed by atoms with Gasteiger partial charge in [-0.25, -0.2) is 0 Å². The Hall–Kier alpha value is -0.160. The summed E-state index contributed by atoms with van der Waals surface area (Å²) >= 11 is 0. The summed E-state index contributed by atoms with van der Waals surface area (Å²) in [4.78, 5) is 0. The lowest BCUT2D eigenvalue weighted by Crippen LogP contribution is -2.48. The predicted molar refractivity (Wildman–Crippen MR) is 72.5 cm³/mol. The summed E-state index contributed by atoms with van der Waals surface area (Å²) in [6, 6.07) is 0.550. The van der Waals surface area contributed by atoms with Crippen LogP contribution in [0.1, 0.15) is 51.4 Å². The first-order valence-electron chi connectivity index (χ1n) is 7.60. The highest BCUT2D eigenvalue weighted by Gasteiger charge is 2.23. The van der Waals surface area contributed by atoms with Gasteiger partial charge in [-0.3, -0.25) is 0 Å². The van der Waals surface area contributed by atoms with Crippen molar-refractivity contribution in [2.75, 3.05) is 13.1 Å². The molecule has 2 aliphatic rings. The van der Waals surface area contributed by atoms with Gasteiger partial charge in [0.05, 0.1) is 12.2 Å². The molecule has 0 aliphatic heterocycles. The maximum atomic E-state index is 9.84. The van der Waals surface area contributed by atoms with E-state index in [0.717, 1.165) is 51.6 Å². The molecule has 0 saturated heterocycles. The van der Waals surface area contributed by atoms with E-state index in [-0.39, 0.29) is 24.3 Å². The van der Waals surface area contributed by atoms with Gasteiger partial charge in [-0.15, -0.1) is 0 Å². The van der Waals surface area contributed by atoms with Crippen molar-refractivity contribution >= 4 is 0 Å². The van der Waals surface area contributed by atoms with Crippen molar-refractivity contribution in [3.63, 3.8) is 0 Å². The molecule has 2 aliphatic carbocycles. The summed E-state index contributed by atoms with van der Waals surface area (Å²) in [5, 5.41) is 26.5. The van der Waals surface area contributed by atoms with Crippen LogP contribution < -0.4 is 10.6 Å². The zero-order valence-electron chi connectivity index (χ0n) is 11.3. The first-order chi connectivity index (χ1) is 8.77. The van der Waals surface area contributed by atoms with E-state index in [9.17, 15) is 10.2 Å². The summed E-state index contributed by atoms with van der Waals surface area (Å²) in [6.07, 6.45) is 8.49. The Morgan fingerprint density at radius 1 is 0.667 bits per heavy atom. The highest BCUT2D eigenvalue weighted by Crippen LogP contribution is 2.19. The molecule has 0 aromatic rings. The second-order valence-corrected chi connectivity index (χ2v) is 5.82. The van der Waals surface area contributed by atoms with Gasteiger partial charge < -0.3 is 20.8 Å². The SMILES string of the molecule is O[C@@H]1CCCC[C@@H]1NCCN[C@@H]1CCCC[C@@H]1O. The second kappa shape index (κ2) is 7.43. The molecule has 4 nitrogen and oxygen atoms in total. The average molecular weight is 256 g/mol. The Bertz CT molecular complexity index is 214. The van der Waals surface area contributed by atoms with Crippen LogP contribution in [0.15, 0.2) is 0 Å². The number of rotatable bonds is 5. The zero-order chi connectivity index (χ0) is 12.8. The van der Waals surface area contributed by atoms with Crippen LogP contribution in [0.4, 0.5) is 0 Å². The number of nitrogens with one attached hydrogen (secondary N) is 2. The normalized spacial score (nSPS) is 37.7. The molecule has 0 spiro atoms. The van der Waals surface area contributed by atoms with Gasteiger partial charge in [0.2, 0.25) is 0 Å². The fourth-order valence-corrected chi connectivity index (χ4v) is 3.21. The fraction of sp³-hybridized carbons (Fsp3) is 1.00. The maximum absolute atomic E-state index is 9.84. The van der Waals surface area contributed by atoms with Crippen LogP contribution in [-0.4, -0.2) is 47.6 Å². The molecule has 4 N–H and O–H groups in total. The van der Waals surface area contributed by atoms with Gasteiger partial charge >= 0.3 is 0 Å². The molecule has 0 aromatic carbocycles. The number of hydrogen-bond donors (Lipinski definition) is 4. The fourth-order valence-electron chi connectivity index (χ4n) is 3.21. The molecule has 0 amide bonds. The van der Waals surface area contributed by atoms with Gasteiger partial charge in [0.25, 0.3) is 0 Å². The monoisotopic (exact) mass is 256 g/mol. The molecule has 18 heavy (non-hydrogen) atoms. The van der Waals surface area contributed by atoms with Gasteiger partial charge in [0.15, 0.2) is 0 Å². The van der Waals surface area contributed by atoms with Crippen LogP contribution in [0.3, 0.4) is 0 Å². The first-order valence-corrected chi connectivity index (χ1v) is 7.60. The molecule has 0 heterocycles. The van der Waals surface area contributed by atoms with Gasteiger partial charge in [0.1, 0.15) is 0 Å². The van der Waals surface area contributed by atoms with Gasteiger partial charge in [-0.1, -0.05) is 25.7 Å². The molecule has 0 aromatic heterocycles. The zero-order valence-corrected chi connectivity index (χ0v) is 11.3. The van der Waals surface area contributed by atoms with E-state index in [1.807, 2.05) is 0 Å². The van der Waals surface area contributed by atoms with Crippen LogP contribution in [0.5, 0.6) is 0 Å². The average Bonchev–Trinajstić information content (AvgIpc) is 2.38. The van der Waals surface area contributed by atoms with Crippen LogP contribution in [0, 0.1) is 0 Å². The third kappa shape index (κ3) is 4.19. The predicted octanol–water partition coefficient (Wildman–Crippen LogP) is 0.773. The van der Waals surface area contributed by atoms with Crippen molar-refractivity contribution in [2.45, 2.75) is 75.7 Å². The maximum Gasteiger partial charge on any atom is 0.0693 e. The van der Waals surface area contributed by atoms with Crippen molar-refractivity contribution < 1.29 is 10.2 Å². The summed E-state index contributed by atoms with van der Waals surface area (Å²) < 4.78 is 0. The molecule has 4 atom stereocenters. The Labute approximate surface area is 110 Å². The van der Waals surface area contributed by atoms with Crippen molar-refractivity contribution in [3.8, 4) is 0 Å². The Morgan fingerprint density at radius 2 is 1.06 bits per heavy atom. The van der Waals surface area contributed by atoms with Gasteiger partial charge in [0, 0.05) is 25.2 Å². The van der Waals surface area contributed by atoms with E-state index in [2.05, 4.69) is 10.6 Å². The Kier molecular flexibility index (Phi) is 5.89. The van der Waals surface area contributed by atoms with Crippen molar-refractivity contribution in [3.05, 3.63) is 0 Å². The summed E-state index contributed by atoms with van der Waals surface area (Å²) in [5.41, 5.74) is 0. The Balaban J connectivity index is 1.57. The van der Waals surface area contributed by atoms with Crippen LogP contribution >= 0.6 is 0 Å². The van der Waals surface area contributed by atoms with E-state index in [1.165, 1.54) is 12.8 Å². The summed E-state index contributed by atoms with van der Waals surface area (Å²) in [5.74, 6) is 0. The summed E-state index contributed by atoms with van der Waals surface area (Å²) in [7, 11) is 0. The highest BCUT2D eigenvalue weighted by atomic mass is 16.3. The van der Waals surface area contributed by atoms with E-state index in [4.69, 9.17) is 0 Å². The minimum atomic E-state index is -0.168. The van der Waals surface area contributed by atoms with Gasteiger partial charge in [-0.2, -0.15) is 0 Å². The number of hydrogen-bond acceptors (Lipinski definition) is 4. The van der Waals surface area contributed by atoms with Crippen molar-refractivity contribution in [1.82, 2.24) is 10.6 Å². The standard InChI is InChI=1S/C14H28N2O2/c17-13-7-3-1-5-11(13)15-9-10-16-12-6-2-4-8-14(12)18/h11-18H,1-10H2/t11-,12+,13+,14-. The Morgan fingerprint density at radius 3 is 1.44 bits per heavy atom. The third-order valence-electron chi connectivity index (χ3n) is 4.40. The van der Waals surface area contributed by atoms with Crippen molar-refractivity contribution in [2.24, 2.45) is 0 Å². The molecule has 2 fully saturated rings. The minimum absolute atomic E-state index is 0.168. The van der Waals surface area contributed by atoms with Crippen molar-refractivity contribution in [1.29, 1.82) is 0 Å².